The summed E-state index contributed by atoms with van der Waals surface area (Å²) in [6, 6.07) is 43.0. The molecule has 4 heteroatoms. The fraction of sp³-hybridized carbons (Fsp3) is 0. The van der Waals surface area contributed by atoms with Crippen LogP contribution in [0.3, 0.4) is 0 Å². The summed E-state index contributed by atoms with van der Waals surface area (Å²) in [6.07, 6.45) is 0. The third-order valence-electron chi connectivity index (χ3n) is 7.81. The van der Waals surface area contributed by atoms with Gasteiger partial charge >= 0.3 is 0 Å². The first-order valence-electron chi connectivity index (χ1n) is 13.1. The van der Waals surface area contributed by atoms with Gasteiger partial charge in [-0.3, -0.25) is 0 Å². The summed E-state index contributed by atoms with van der Waals surface area (Å²) in [7, 11) is 0. The van der Waals surface area contributed by atoms with Crippen molar-refractivity contribution >= 4 is 76.1 Å². The van der Waals surface area contributed by atoms with Crippen LogP contribution >= 0.6 is 11.3 Å². The molecular formula is C35H20N2OS. The van der Waals surface area contributed by atoms with Gasteiger partial charge < -0.3 is 8.98 Å². The monoisotopic (exact) mass is 516 g/mol. The molecule has 0 bridgehead atoms. The van der Waals surface area contributed by atoms with Gasteiger partial charge in [-0.05, 0) is 71.4 Å². The summed E-state index contributed by atoms with van der Waals surface area (Å²) in [6.45, 7) is 0. The topological polar surface area (TPSA) is 31.0 Å². The molecular weight excluding hydrogens is 496 g/mol. The highest BCUT2D eigenvalue weighted by Gasteiger charge is 2.16. The maximum Gasteiger partial charge on any atom is 0.137 e. The fourth-order valence-electron chi connectivity index (χ4n) is 6.00. The van der Waals surface area contributed by atoms with Gasteiger partial charge in [0.1, 0.15) is 16.2 Å². The van der Waals surface area contributed by atoms with Gasteiger partial charge in [0, 0.05) is 32.8 Å². The summed E-state index contributed by atoms with van der Waals surface area (Å²) >= 11 is 1.73. The van der Waals surface area contributed by atoms with Gasteiger partial charge in [-0.15, -0.1) is 11.3 Å². The lowest BCUT2D eigenvalue weighted by molar-refractivity contribution is 0.669. The molecule has 3 nitrogen and oxygen atoms in total. The average molecular weight is 517 g/mol. The summed E-state index contributed by atoms with van der Waals surface area (Å²) in [5.74, 6) is 0. The molecule has 3 aromatic heterocycles. The quantitative estimate of drug-likeness (QED) is 0.229. The molecule has 0 radical (unpaired) electrons. The number of aromatic nitrogens is 2. The Kier molecular flexibility index (Phi) is 4.21. The highest BCUT2D eigenvalue weighted by atomic mass is 32.1. The second-order valence-electron chi connectivity index (χ2n) is 10.0. The number of para-hydroxylation sites is 2. The van der Waals surface area contributed by atoms with E-state index < -0.39 is 0 Å². The zero-order valence-corrected chi connectivity index (χ0v) is 21.6. The van der Waals surface area contributed by atoms with E-state index in [2.05, 4.69) is 108 Å². The Morgan fingerprint density at radius 1 is 0.590 bits per heavy atom. The van der Waals surface area contributed by atoms with E-state index >= 15 is 0 Å². The Morgan fingerprint density at radius 3 is 2.21 bits per heavy atom. The molecule has 182 valence electrons. The normalized spacial score (nSPS) is 12.1. The van der Waals surface area contributed by atoms with Gasteiger partial charge in [0.05, 0.1) is 21.3 Å². The lowest BCUT2D eigenvalue weighted by atomic mass is 10.1. The number of nitrogens with zero attached hydrogens (tertiary/aromatic N) is 2. The van der Waals surface area contributed by atoms with Crippen LogP contribution in [0.25, 0.3) is 81.0 Å². The standard InChI is InChI=1S/C35H20N2OS/c1-2-8-23-20-30-27(19-22(23)7-1)25-9-3-5-11-29(25)37(30)24-15-13-21(14-16-24)35-36-28-17-18-32-33(34(28)39-35)26-10-4-6-12-31(26)38-32/h1-20H. The van der Waals surface area contributed by atoms with Crippen molar-refractivity contribution in [2.45, 2.75) is 0 Å². The third-order valence-corrected chi connectivity index (χ3v) is 8.95. The molecule has 0 saturated heterocycles. The van der Waals surface area contributed by atoms with Gasteiger partial charge in [-0.25, -0.2) is 4.98 Å². The van der Waals surface area contributed by atoms with E-state index in [1.165, 1.54) is 37.3 Å². The Hall–Kier alpha value is -4.93. The molecule has 0 fully saturated rings. The van der Waals surface area contributed by atoms with Crippen molar-refractivity contribution < 1.29 is 4.42 Å². The predicted octanol–water partition coefficient (Wildman–Crippen LogP) is 10.1. The van der Waals surface area contributed by atoms with E-state index in [-0.39, 0.29) is 0 Å². The average Bonchev–Trinajstić information content (AvgIpc) is 3.67. The lowest BCUT2D eigenvalue weighted by Crippen LogP contribution is -1.93. The molecule has 9 aromatic rings. The Balaban J connectivity index is 1.22. The van der Waals surface area contributed by atoms with Gasteiger partial charge in [0.25, 0.3) is 0 Å². The van der Waals surface area contributed by atoms with Crippen molar-refractivity contribution in [1.82, 2.24) is 9.55 Å². The van der Waals surface area contributed by atoms with Crippen molar-refractivity contribution in [3.05, 3.63) is 121 Å². The largest absolute Gasteiger partial charge is 0.456 e. The molecule has 39 heavy (non-hydrogen) atoms. The van der Waals surface area contributed by atoms with Crippen molar-refractivity contribution in [1.29, 1.82) is 0 Å². The number of benzene rings is 6. The smallest absolute Gasteiger partial charge is 0.137 e. The van der Waals surface area contributed by atoms with E-state index in [0.29, 0.717) is 0 Å². The third kappa shape index (κ3) is 3.01. The zero-order valence-electron chi connectivity index (χ0n) is 20.8. The van der Waals surface area contributed by atoms with Crippen LogP contribution in [0, 0.1) is 0 Å². The molecule has 0 N–H and O–H groups in total. The van der Waals surface area contributed by atoms with Gasteiger partial charge in [-0.1, -0.05) is 60.7 Å². The first-order valence-corrected chi connectivity index (χ1v) is 13.9. The van der Waals surface area contributed by atoms with Crippen LogP contribution in [0.2, 0.25) is 0 Å². The molecule has 0 atom stereocenters. The van der Waals surface area contributed by atoms with Crippen molar-refractivity contribution in [2.24, 2.45) is 0 Å². The van der Waals surface area contributed by atoms with Crippen molar-refractivity contribution in [2.75, 3.05) is 0 Å². The number of furan rings is 1. The molecule has 0 aliphatic carbocycles. The van der Waals surface area contributed by atoms with Crippen LogP contribution in [0.1, 0.15) is 0 Å². The van der Waals surface area contributed by atoms with E-state index in [1.54, 1.807) is 11.3 Å². The highest BCUT2D eigenvalue weighted by molar-refractivity contribution is 7.22. The number of fused-ring (bicyclic) bond motifs is 9. The number of hydrogen-bond donors (Lipinski definition) is 0. The summed E-state index contributed by atoms with van der Waals surface area (Å²) in [4.78, 5) is 5.02. The van der Waals surface area contributed by atoms with Gasteiger partial charge in [0.15, 0.2) is 0 Å². The van der Waals surface area contributed by atoms with E-state index in [9.17, 15) is 0 Å². The molecule has 0 spiro atoms. The summed E-state index contributed by atoms with van der Waals surface area (Å²) in [5.41, 5.74) is 7.53. The first-order chi connectivity index (χ1) is 19.3. The molecule has 0 aliphatic heterocycles. The number of hydrogen-bond acceptors (Lipinski definition) is 3. The molecule has 9 rings (SSSR count). The first kappa shape index (κ1) is 21.1. The van der Waals surface area contributed by atoms with E-state index in [4.69, 9.17) is 9.40 Å². The van der Waals surface area contributed by atoms with Crippen LogP contribution in [0.5, 0.6) is 0 Å². The van der Waals surface area contributed by atoms with Crippen LogP contribution < -0.4 is 0 Å². The maximum atomic E-state index is 6.11. The van der Waals surface area contributed by atoms with Crippen LogP contribution in [0.4, 0.5) is 0 Å². The summed E-state index contributed by atoms with van der Waals surface area (Å²) < 4.78 is 9.65. The maximum absolute atomic E-state index is 6.11. The predicted molar refractivity (Wildman–Crippen MR) is 164 cm³/mol. The Morgan fingerprint density at radius 2 is 1.33 bits per heavy atom. The molecule has 0 aliphatic rings. The SMILES string of the molecule is c1ccc2cc3c(cc2c1)c1ccccc1n3-c1ccc(-c2nc3ccc4oc5ccccc5c4c3s2)cc1. The molecule has 3 heterocycles. The number of rotatable bonds is 2. The second kappa shape index (κ2) is 7.79. The molecule has 0 saturated carbocycles. The lowest BCUT2D eigenvalue weighted by Gasteiger charge is -2.09. The van der Waals surface area contributed by atoms with Gasteiger partial charge in [0.2, 0.25) is 0 Å². The molecule has 0 unspecified atom stereocenters. The minimum Gasteiger partial charge on any atom is -0.456 e. The Bertz CT molecular complexity index is 2390. The van der Waals surface area contributed by atoms with Crippen molar-refractivity contribution in [3.8, 4) is 16.3 Å². The summed E-state index contributed by atoms with van der Waals surface area (Å²) in [5, 5.41) is 8.36. The van der Waals surface area contributed by atoms with Crippen molar-refractivity contribution in [3.63, 3.8) is 0 Å². The van der Waals surface area contributed by atoms with E-state index in [0.717, 1.165) is 43.7 Å². The van der Waals surface area contributed by atoms with Crippen LogP contribution in [0.15, 0.2) is 126 Å². The highest BCUT2D eigenvalue weighted by Crippen LogP contribution is 2.40. The van der Waals surface area contributed by atoms with E-state index in [1.807, 2.05) is 18.2 Å². The number of thiazole rings is 1. The second-order valence-corrected chi connectivity index (χ2v) is 11.0. The molecule has 6 aromatic carbocycles. The minimum atomic E-state index is 0.910. The fourth-order valence-corrected chi connectivity index (χ4v) is 7.13. The minimum absolute atomic E-state index is 0.910. The van der Waals surface area contributed by atoms with Crippen LogP contribution in [-0.4, -0.2) is 9.55 Å². The molecule has 0 amide bonds. The zero-order chi connectivity index (χ0) is 25.5. The van der Waals surface area contributed by atoms with Crippen LogP contribution in [-0.2, 0) is 0 Å². The van der Waals surface area contributed by atoms with Gasteiger partial charge in [-0.2, -0.15) is 0 Å². The Labute approximate surface area is 227 Å².